The number of anilines is 1. The van der Waals surface area contributed by atoms with Gasteiger partial charge in [-0.1, -0.05) is 12.2 Å². The number of alkyl halides is 3. The molecule has 8 nitrogen and oxygen atoms in total. The average molecular weight is 554 g/mol. The molecule has 0 amide bonds. The fraction of sp³-hybridized carbons (Fsp3) is 0.231. The van der Waals surface area contributed by atoms with Crippen molar-refractivity contribution in [1.82, 2.24) is 0 Å². The lowest BCUT2D eigenvalue weighted by Gasteiger charge is -2.17. The van der Waals surface area contributed by atoms with E-state index in [2.05, 4.69) is 4.72 Å². The summed E-state index contributed by atoms with van der Waals surface area (Å²) in [6, 6.07) is 9.73. The molecule has 0 unspecified atom stereocenters. The summed E-state index contributed by atoms with van der Waals surface area (Å²) in [5, 5.41) is 0. The highest BCUT2D eigenvalue weighted by molar-refractivity contribution is 7.92. The first-order valence-corrected chi connectivity index (χ1v) is 12.4. The van der Waals surface area contributed by atoms with Crippen molar-refractivity contribution in [2.45, 2.75) is 11.1 Å². The Morgan fingerprint density at radius 2 is 1.26 bits per heavy atom. The highest BCUT2D eigenvalue weighted by atomic mass is 32.2. The first-order valence-electron chi connectivity index (χ1n) is 10.9. The van der Waals surface area contributed by atoms with Crippen LogP contribution in [-0.2, 0) is 16.2 Å². The first kappa shape index (κ1) is 28.5. The van der Waals surface area contributed by atoms with E-state index in [1.165, 1.54) is 35.5 Å². The van der Waals surface area contributed by atoms with Gasteiger partial charge in [-0.15, -0.1) is 0 Å². The molecule has 0 aromatic heterocycles. The maximum Gasteiger partial charge on any atom is 0.416 e. The van der Waals surface area contributed by atoms with Gasteiger partial charge in [-0.3, -0.25) is 4.72 Å². The van der Waals surface area contributed by atoms with Crippen molar-refractivity contribution in [3.63, 3.8) is 0 Å². The van der Waals surface area contributed by atoms with E-state index < -0.39 is 21.8 Å². The van der Waals surface area contributed by atoms with Crippen LogP contribution in [0, 0.1) is 0 Å². The summed E-state index contributed by atoms with van der Waals surface area (Å²) >= 11 is 0. The molecule has 0 aliphatic heterocycles. The molecule has 0 radical (unpaired) electrons. The largest absolute Gasteiger partial charge is 0.493 e. The van der Waals surface area contributed by atoms with E-state index in [9.17, 15) is 21.6 Å². The van der Waals surface area contributed by atoms with Crippen LogP contribution in [0.4, 0.5) is 18.9 Å². The smallest absolute Gasteiger partial charge is 0.416 e. The molecule has 0 atom stereocenters. The standard InChI is InChI=1S/C26H26F3NO7S/c1-33-20-13-8-17(7-6-16-14-21(34-2)24(36-4)22(15-16)35-3)23(25(20)37-5)30-38(31,32)19-11-9-18(10-12-19)26(27,28)29/h6-15,30H,1-5H3/b7-6-. The van der Waals surface area contributed by atoms with E-state index >= 15 is 0 Å². The zero-order valence-corrected chi connectivity index (χ0v) is 22.0. The second kappa shape index (κ2) is 11.5. The first-order chi connectivity index (χ1) is 18.0. The maximum atomic E-state index is 13.1. The van der Waals surface area contributed by atoms with Gasteiger partial charge in [0.25, 0.3) is 10.0 Å². The second-order valence-electron chi connectivity index (χ2n) is 7.68. The Hall–Kier alpha value is -4.06. The molecule has 0 heterocycles. The molecule has 3 rings (SSSR count). The van der Waals surface area contributed by atoms with Crippen molar-refractivity contribution in [3.05, 3.63) is 65.2 Å². The molecule has 12 heteroatoms. The summed E-state index contributed by atoms with van der Waals surface area (Å²) in [5.41, 5.74) is 0.0811. The van der Waals surface area contributed by atoms with Crippen molar-refractivity contribution in [3.8, 4) is 28.7 Å². The lowest BCUT2D eigenvalue weighted by Crippen LogP contribution is -2.15. The number of hydrogen-bond donors (Lipinski definition) is 1. The number of methoxy groups -OCH3 is 5. The number of sulfonamides is 1. The summed E-state index contributed by atoms with van der Waals surface area (Å²) in [7, 11) is 2.85. The fourth-order valence-corrected chi connectivity index (χ4v) is 4.68. The normalized spacial score (nSPS) is 11.8. The lowest BCUT2D eigenvalue weighted by atomic mass is 10.1. The number of halogens is 3. The van der Waals surface area contributed by atoms with Crippen LogP contribution < -0.4 is 28.4 Å². The third-order valence-electron chi connectivity index (χ3n) is 5.45. The average Bonchev–Trinajstić information content (AvgIpc) is 2.90. The minimum absolute atomic E-state index is 0.0236. The summed E-state index contributed by atoms with van der Waals surface area (Å²) in [5.74, 6) is 1.56. The Bertz CT molecular complexity index is 1390. The molecule has 38 heavy (non-hydrogen) atoms. The van der Waals surface area contributed by atoms with Gasteiger partial charge in [0.05, 0.1) is 46.0 Å². The van der Waals surface area contributed by atoms with Gasteiger partial charge in [-0.2, -0.15) is 13.2 Å². The predicted octanol–water partition coefficient (Wildman–Crippen LogP) is 5.72. The Morgan fingerprint density at radius 3 is 1.74 bits per heavy atom. The molecule has 0 saturated heterocycles. The van der Waals surface area contributed by atoms with Gasteiger partial charge in [-0.25, -0.2) is 8.42 Å². The Labute approximate surface area is 218 Å². The lowest BCUT2D eigenvalue weighted by molar-refractivity contribution is -0.137. The highest BCUT2D eigenvalue weighted by Crippen LogP contribution is 2.41. The van der Waals surface area contributed by atoms with Crippen LogP contribution >= 0.6 is 0 Å². The third-order valence-corrected chi connectivity index (χ3v) is 6.81. The summed E-state index contributed by atoms with van der Waals surface area (Å²) < 4.78 is 94.3. The minimum atomic E-state index is -4.60. The SMILES string of the molecule is COc1cc(/C=C\c2ccc(OC)c(OC)c2NS(=O)(=O)c2ccc(C(F)(F)F)cc2)cc(OC)c1OC. The van der Waals surface area contributed by atoms with Crippen LogP contribution in [0.5, 0.6) is 28.7 Å². The summed E-state index contributed by atoms with van der Waals surface area (Å²) in [6.07, 6.45) is -1.30. The Balaban J connectivity index is 2.08. The molecule has 204 valence electrons. The topological polar surface area (TPSA) is 92.3 Å². The van der Waals surface area contributed by atoms with Crippen LogP contribution in [0.15, 0.2) is 53.4 Å². The van der Waals surface area contributed by atoms with E-state index in [-0.39, 0.29) is 22.1 Å². The van der Waals surface area contributed by atoms with E-state index in [4.69, 9.17) is 23.7 Å². The van der Waals surface area contributed by atoms with Crippen LogP contribution in [0.1, 0.15) is 16.7 Å². The fourth-order valence-electron chi connectivity index (χ4n) is 3.59. The third kappa shape index (κ3) is 6.08. The molecule has 0 fully saturated rings. The van der Waals surface area contributed by atoms with E-state index in [0.29, 0.717) is 40.5 Å². The zero-order valence-electron chi connectivity index (χ0n) is 21.2. The van der Waals surface area contributed by atoms with Gasteiger partial charge < -0.3 is 23.7 Å². The monoisotopic (exact) mass is 553 g/mol. The van der Waals surface area contributed by atoms with Gasteiger partial charge in [0, 0.05) is 5.56 Å². The summed E-state index contributed by atoms with van der Waals surface area (Å²) in [6.45, 7) is 0. The van der Waals surface area contributed by atoms with Crippen molar-refractivity contribution in [2.24, 2.45) is 0 Å². The van der Waals surface area contributed by atoms with Gasteiger partial charge in [0.2, 0.25) is 5.75 Å². The van der Waals surface area contributed by atoms with Crippen molar-refractivity contribution >= 4 is 27.9 Å². The highest BCUT2D eigenvalue weighted by Gasteiger charge is 2.31. The van der Waals surface area contributed by atoms with E-state index in [1.807, 2.05) is 0 Å². The molecule has 0 aliphatic rings. The van der Waals surface area contributed by atoms with Gasteiger partial charge in [-0.05, 0) is 54.1 Å². The Kier molecular flexibility index (Phi) is 8.67. The Morgan fingerprint density at radius 1 is 0.711 bits per heavy atom. The minimum Gasteiger partial charge on any atom is -0.493 e. The maximum absolute atomic E-state index is 13.1. The molecule has 3 aromatic carbocycles. The van der Waals surface area contributed by atoms with Crippen molar-refractivity contribution in [2.75, 3.05) is 40.3 Å². The molecule has 1 N–H and O–H groups in total. The number of benzene rings is 3. The molecule has 0 aliphatic carbocycles. The van der Waals surface area contributed by atoms with Gasteiger partial charge >= 0.3 is 6.18 Å². The van der Waals surface area contributed by atoms with Crippen LogP contribution in [0.2, 0.25) is 0 Å². The molecular formula is C26H26F3NO7S. The van der Waals surface area contributed by atoms with E-state index in [0.717, 1.165) is 12.1 Å². The van der Waals surface area contributed by atoms with Gasteiger partial charge in [0.1, 0.15) is 5.69 Å². The molecule has 0 bridgehead atoms. The van der Waals surface area contributed by atoms with Crippen molar-refractivity contribution < 1.29 is 45.3 Å². The van der Waals surface area contributed by atoms with E-state index in [1.54, 1.807) is 36.4 Å². The van der Waals surface area contributed by atoms with Crippen LogP contribution in [-0.4, -0.2) is 44.0 Å². The number of nitrogens with one attached hydrogen (secondary N) is 1. The quantitative estimate of drug-likeness (QED) is 0.321. The van der Waals surface area contributed by atoms with Crippen LogP contribution in [0.25, 0.3) is 12.2 Å². The summed E-state index contributed by atoms with van der Waals surface area (Å²) in [4.78, 5) is -0.366. The van der Waals surface area contributed by atoms with Crippen LogP contribution in [0.3, 0.4) is 0 Å². The molecule has 0 spiro atoms. The number of rotatable bonds is 10. The molecular weight excluding hydrogens is 527 g/mol. The molecule has 3 aromatic rings. The van der Waals surface area contributed by atoms with Crippen molar-refractivity contribution in [1.29, 1.82) is 0 Å². The zero-order chi connectivity index (χ0) is 28.1. The van der Waals surface area contributed by atoms with Gasteiger partial charge in [0.15, 0.2) is 23.0 Å². The number of hydrogen-bond acceptors (Lipinski definition) is 7. The predicted molar refractivity (Wildman–Crippen MR) is 137 cm³/mol. The molecule has 0 saturated carbocycles. The number of ether oxygens (including phenoxy) is 5. The second-order valence-corrected chi connectivity index (χ2v) is 9.37.